The lowest BCUT2D eigenvalue weighted by Crippen LogP contribution is -2.45. The molecule has 0 aliphatic carbocycles. The van der Waals surface area contributed by atoms with E-state index in [9.17, 15) is 14.7 Å². The van der Waals surface area contributed by atoms with Crippen molar-refractivity contribution in [2.75, 3.05) is 0 Å². The number of hydrogen-bond acceptors (Lipinski definition) is 3. The van der Waals surface area contributed by atoms with E-state index in [1.54, 1.807) is 0 Å². The highest BCUT2D eigenvalue weighted by Gasteiger charge is 2.23. The summed E-state index contributed by atoms with van der Waals surface area (Å²) < 4.78 is 0. The molecule has 2 N–H and O–H groups in total. The van der Waals surface area contributed by atoms with Gasteiger partial charge in [0, 0.05) is 17.4 Å². The lowest BCUT2D eigenvalue weighted by atomic mass is 9.87. The normalized spacial score (nSPS) is 14.2. The van der Waals surface area contributed by atoms with Gasteiger partial charge in [0.15, 0.2) is 0 Å². The summed E-state index contributed by atoms with van der Waals surface area (Å²) in [5, 5.41) is 12.4. The van der Waals surface area contributed by atoms with Gasteiger partial charge in [-0.3, -0.25) is 9.59 Å². The molecule has 0 aromatic rings. The lowest BCUT2D eigenvalue weighted by molar-refractivity contribution is -0.132. The topological polar surface area (TPSA) is 66.4 Å². The Morgan fingerprint density at radius 1 is 1.11 bits per heavy atom. The Morgan fingerprint density at radius 3 is 2.00 bits per heavy atom. The van der Waals surface area contributed by atoms with Crippen LogP contribution in [0.4, 0.5) is 0 Å². The fourth-order valence-electron chi connectivity index (χ4n) is 1.41. The molecule has 0 aliphatic rings. The first-order valence-electron chi connectivity index (χ1n) is 6.47. The maximum Gasteiger partial charge on any atom is 0.249 e. The van der Waals surface area contributed by atoms with Gasteiger partial charge in [-0.25, -0.2) is 0 Å². The number of carbonyl (C=O) groups excluding carboxylic acids is 2. The predicted molar refractivity (Wildman–Crippen MR) is 72.2 cm³/mol. The second kappa shape index (κ2) is 6.32. The van der Waals surface area contributed by atoms with Crippen molar-refractivity contribution in [2.45, 2.75) is 72.4 Å². The maximum atomic E-state index is 11.7. The van der Waals surface area contributed by atoms with E-state index in [1.807, 2.05) is 41.5 Å². The first-order valence-corrected chi connectivity index (χ1v) is 6.47. The maximum absolute atomic E-state index is 11.7. The highest BCUT2D eigenvalue weighted by atomic mass is 16.3. The van der Waals surface area contributed by atoms with Gasteiger partial charge in [-0.2, -0.15) is 0 Å². The van der Waals surface area contributed by atoms with Crippen LogP contribution in [0.15, 0.2) is 0 Å². The molecule has 0 unspecified atom stereocenters. The zero-order chi connectivity index (χ0) is 14.6. The first-order chi connectivity index (χ1) is 7.93. The lowest BCUT2D eigenvalue weighted by Gasteiger charge is -2.23. The van der Waals surface area contributed by atoms with Gasteiger partial charge < -0.3 is 10.4 Å². The van der Waals surface area contributed by atoms with E-state index in [2.05, 4.69) is 5.32 Å². The van der Waals surface area contributed by atoms with Gasteiger partial charge in [0.1, 0.15) is 11.9 Å². The second-order valence-electron chi connectivity index (χ2n) is 6.82. The van der Waals surface area contributed by atoms with Crippen LogP contribution in [-0.4, -0.2) is 28.4 Å². The van der Waals surface area contributed by atoms with Crippen molar-refractivity contribution >= 4 is 11.7 Å². The summed E-state index contributed by atoms with van der Waals surface area (Å²) in [6, 6.07) is 0. The van der Waals surface area contributed by atoms with Crippen LogP contribution in [0.3, 0.4) is 0 Å². The SMILES string of the molecule is CC(C)(C)NC(=O)[C@H](O)CCCC(=O)C(C)(C)C. The number of aliphatic hydroxyl groups excluding tert-OH is 1. The molecule has 4 heteroatoms. The minimum absolute atomic E-state index is 0.158. The molecule has 4 nitrogen and oxygen atoms in total. The summed E-state index contributed by atoms with van der Waals surface area (Å²) in [5.41, 5.74) is -0.697. The molecule has 1 amide bonds. The molecule has 0 bridgehead atoms. The number of ketones is 1. The van der Waals surface area contributed by atoms with Crippen molar-refractivity contribution in [3.63, 3.8) is 0 Å². The number of hydrogen-bond donors (Lipinski definition) is 2. The Bertz CT molecular complexity index is 297. The molecular weight excluding hydrogens is 230 g/mol. The van der Waals surface area contributed by atoms with Crippen LogP contribution in [0, 0.1) is 5.41 Å². The van der Waals surface area contributed by atoms with Gasteiger partial charge in [-0.1, -0.05) is 20.8 Å². The average molecular weight is 257 g/mol. The number of Topliss-reactive ketones (excluding diaryl/α,β-unsaturated/α-hetero) is 1. The van der Waals surface area contributed by atoms with Crippen LogP contribution in [0.5, 0.6) is 0 Å². The van der Waals surface area contributed by atoms with Gasteiger partial charge >= 0.3 is 0 Å². The van der Waals surface area contributed by atoms with E-state index in [4.69, 9.17) is 0 Å². The van der Waals surface area contributed by atoms with Gasteiger partial charge in [0.2, 0.25) is 5.91 Å². The number of carbonyl (C=O) groups is 2. The monoisotopic (exact) mass is 257 g/mol. The zero-order valence-electron chi connectivity index (χ0n) is 12.5. The molecule has 106 valence electrons. The fourth-order valence-corrected chi connectivity index (χ4v) is 1.41. The molecule has 0 heterocycles. The van der Waals surface area contributed by atoms with Crippen LogP contribution in [-0.2, 0) is 9.59 Å². The molecule has 0 aromatic heterocycles. The van der Waals surface area contributed by atoms with Crippen molar-refractivity contribution in [3.05, 3.63) is 0 Å². The standard InChI is InChI=1S/C14H27NO3/c1-13(2,3)11(17)9-7-8-10(16)12(18)15-14(4,5)6/h10,16H,7-9H2,1-6H3,(H,15,18)/t10-/m1/s1. The van der Waals surface area contributed by atoms with E-state index in [1.165, 1.54) is 0 Å². The highest BCUT2D eigenvalue weighted by Crippen LogP contribution is 2.18. The fraction of sp³-hybridized carbons (Fsp3) is 0.857. The Morgan fingerprint density at radius 2 is 1.61 bits per heavy atom. The van der Waals surface area contributed by atoms with Crippen molar-refractivity contribution in [2.24, 2.45) is 5.41 Å². The number of aliphatic hydroxyl groups is 1. The van der Waals surface area contributed by atoms with E-state index in [-0.39, 0.29) is 22.6 Å². The second-order valence-corrected chi connectivity index (χ2v) is 6.82. The molecule has 0 spiro atoms. The summed E-state index contributed by atoms with van der Waals surface area (Å²) >= 11 is 0. The first kappa shape index (κ1) is 17.1. The van der Waals surface area contributed by atoms with Crippen molar-refractivity contribution in [3.8, 4) is 0 Å². The van der Waals surface area contributed by atoms with E-state index < -0.39 is 6.10 Å². The number of amides is 1. The predicted octanol–water partition coefficient (Wildman–Crippen LogP) is 2.05. The molecule has 18 heavy (non-hydrogen) atoms. The molecule has 0 saturated heterocycles. The minimum atomic E-state index is -1.03. The summed E-state index contributed by atoms with van der Waals surface area (Å²) in [5.74, 6) is -0.211. The van der Waals surface area contributed by atoms with E-state index in [0.717, 1.165) is 0 Å². The molecule has 0 aromatic carbocycles. The molecule has 0 saturated carbocycles. The third kappa shape index (κ3) is 7.43. The summed E-state index contributed by atoms with van der Waals surface area (Å²) in [6.07, 6.45) is 0.235. The molecular formula is C14H27NO3. The van der Waals surface area contributed by atoms with Gasteiger partial charge in [0.05, 0.1) is 0 Å². The van der Waals surface area contributed by atoms with Crippen molar-refractivity contribution in [1.29, 1.82) is 0 Å². The molecule has 0 fully saturated rings. The molecule has 1 atom stereocenters. The van der Waals surface area contributed by atoms with E-state index >= 15 is 0 Å². The Hall–Kier alpha value is -0.900. The minimum Gasteiger partial charge on any atom is -0.383 e. The molecule has 0 aliphatic heterocycles. The van der Waals surface area contributed by atoms with Crippen molar-refractivity contribution in [1.82, 2.24) is 5.32 Å². The molecule has 0 rings (SSSR count). The Labute approximate surface area is 110 Å². The smallest absolute Gasteiger partial charge is 0.249 e. The third-order valence-corrected chi connectivity index (χ3v) is 2.52. The van der Waals surface area contributed by atoms with Crippen LogP contribution in [0.2, 0.25) is 0 Å². The quantitative estimate of drug-likeness (QED) is 0.792. The van der Waals surface area contributed by atoms with Crippen LogP contribution in [0.25, 0.3) is 0 Å². The number of rotatable bonds is 5. The van der Waals surface area contributed by atoms with E-state index in [0.29, 0.717) is 19.3 Å². The van der Waals surface area contributed by atoms with Gasteiger partial charge in [-0.15, -0.1) is 0 Å². The third-order valence-electron chi connectivity index (χ3n) is 2.52. The van der Waals surface area contributed by atoms with Crippen LogP contribution >= 0.6 is 0 Å². The Balaban J connectivity index is 4.02. The average Bonchev–Trinajstić information content (AvgIpc) is 2.12. The molecule has 0 radical (unpaired) electrons. The van der Waals surface area contributed by atoms with Crippen LogP contribution < -0.4 is 5.32 Å². The summed E-state index contributed by atoms with van der Waals surface area (Å²) in [7, 11) is 0. The van der Waals surface area contributed by atoms with Gasteiger partial charge in [0.25, 0.3) is 0 Å². The van der Waals surface area contributed by atoms with Gasteiger partial charge in [-0.05, 0) is 33.6 Å². The van der Waals surface area contributed by atoms with Crippen LogP contribution in [0.1, 0.15) is 60.8 Å². The summed E-state index contributed by atoms with van der Waals surface area (Å²) in [4.78, 5) is 23.2. The summed E-state index contributed by atoms with van der Waals surface area (Å²) in [6.45, 7) is 11.2. The zero-order valence-corrected chi connectivity index (χ0v) is 12.5. The van der Waals surface area contributed by atoms with Crippen molar-refractivity contribution < 1.29 is 14.7 Å². The Kier molecular flexibility index (Phi) is 6.00. The highest BCUT2D eigenvalue weighted by molar-refractivity contribution is 5.84. The largest absolute Gasteiger partial charge is 0.383 e. The number of nitrogens with one attached hydrogen (secondary N) is 1.